The molecule has 0 saturated heterocycles. The van der Waals surface area contributed by atoms with Gasteiger partial charge in [0, 0.05) is 38.4 Å². The topological polar surface area (TPSA) is 54.2 Å². The van der Waals surface area contributed by atoms with Gasteiger partial charge in [-0.1, -0.05) is 0 Å². The number of aryl methyl sites for hydroxylation is 2. The predicted molar refractivity (Wildman–Crippen MR) is 83.9 cm³/mol. The van der Waals surface area contributed by atoms with Crippen LogP contribution in [0.3, 0.4) is 0 Å². The first kappa shape index (κ1) is 15.9. The van der Waals surface area contributed by atoms with E-state index in [4.69, 9.17) is 0 Å². The van der Waals surface area contributed by atoms with Gasteiger partial charge in [0.05, 0.1) is 5.69 Å². The van der Waals surface area contributed by atoms with Gasteiger partial charge in [0.15, 0.2) is 5.96 Å². The number of nitrogens with one attached hydrogen (secondary N) is 2. The van der Waals surface area contributed by atoms with Crippen molar-refractivity contribution in [3.05, 3.63) is 17.0 Å². The molecule has 0 saturated carbocycles. The lowest BCUT2D eigenvalue weighted by molar-refractivity contribution is 0.728. The lowest BCUT2D eigenvalue weighted by Gasteiger charge is -2.11. The van der Waals surface area contributed by atoms with Gasteiger partial charge in [0.1, 0.15) is 0 Å². The summed E-state index contributed by atoms with van der Waals surface area (Å²) in [6, 6.07) is 0. The molecule has 0 aliphatic rings. The molecule has 0 radical (unpaired) electrons. The molecule has 0 aliphatic heterocycles. The van der Waals surface area contributed by atoms with Gasteiger partial charge < -0.3 is 10.6 Å². The number of thioether (sulfide) groups is 1. The molecule has 1 aromatic heterocycles. The Labute approximate surface area is 120 Å². The van der Waals surface area contributed by atoms with Crippen molar-refractivity contribution in [3.63, 3.8) is 0 Å². The molecule has 0 atom stereocenters. The fourth-order valence-electron chi connectivity index (χ4n) is 1.89. The van der Waals surface area contributed by atoms with Crippen molar-refractivity contribution in [3.8, 4) is 0 Å². The highest BCUT2D eigenvalue weighted by Gasteiger charge is 2.09. The third-order valence-corrected chi connectivity index (χ3v) is 3.83. The number of guanidine groups is 1. The van der Waals surface area contributed by atoms with Gasteiger partial charge in [-0.05, 0) is 32.3 Å². The maximum Gasteiger partial charge on any atom is 0.191 e. The smallest absolute Gasteiger partial charge is 0.191 e. The van der Waals surface area contributed by atoms with E-state index in [1.807, 2.05) is 30.4 Å². The largest absolute Gasteiger partial charge is 0.356 e. The van der Waals surface area contributed by atoms with E-state index in [0.717, 1.165) is 31.2 Å². The first-order valence-corrected chi connectivity index (χ1v) is 7.92. The van der Waals surface area contributed by atoms with Crippen LogP contribution in [0.15, 0.2) is 4.99 Å². The van der Waals surface area contributed by atoms with Crippen LogP contribution in [0.2, 0.25) is 0 Å². The van der Waals surface area contributed by atoms with Crippen molar-refractivity contribution in [2.45, 2.75) is 26.8 Å². The van der Waals surface area contributed by atoms with Crippen LogP contribution in [0.5, 0.6) is 0 Å². The molecule has 1 aromatic rings. The van der Waals surface area contributed by atoms with E-state index in [0.29, 0.717) is 0 Å². The predicted octanol–water partition coefficient (Wildman–Crippen LogP) is 1.46. The normalized spacial score (nSPS) is 11.7. The van der Waals surface area contributed by atoms with Crippen molar-refractivity contribution >= 4 is 17.7 Å². The molecule has 1 rings (SSSR count). The lowest BCUT2D eigenvalue weighted by atomic mass is 10.2. The zero-order valence-corrected chi connectivity index (χ0v) is 13.4. The Morgan fingerprint density at radius 2 is 2.11 bits per heavy atom. The molecule has 0 unspecified atom stereocenters. The fourth-order valence-corrected chi connectivity index (χ4v) is 2.32. The summed E-state index contributed by atoms with van der Waals surface area (Å²) < 4.78 is 1.92. The van der Waals surface area contributed by atoms with Gasteiger partial charge in [0.2, 0.25) is 0 Å². The van der Waals surface area contributed by atoms with Crippen LogP contribution in [0.25, 0.3) is 0 Å². The molecule has 0 fully saturated rings. The SMILES string of the molecule is CN=C(NCCCSC)NCc1c(C)nn(C)c1C. The van der Waals surface area contributed by atoms with E-state index >= 15 is 0 Å². The summed E-state index contributed by atoms with van der Waals surface area (Å²) in [5, 5.41) is 11.1. The van der Waals surface area contributed by atoms with Crippen molar-refractivity contribution in [2.24, 2.45) is 12.0 Å². The summed E-state index contributed by atoms with van der Waals surface area (Å²) in [6.07, 6.45) is 3.27. The summed E-state index contributed by atoms with van der Waals surface area (Å²) in [5.41, 5.74) is 3.52. The zero-order chi connectivity index (χ0) is 14.3. The van der Waals surface area contributed by atoms with E-state index in [1.165, 1.54) is 17.0 Å². The average Bonchev–Trinajstić information content (AvgIpc) is 2.63. The highest BCUT2D eigenvalue weighted by molar-refractivity contribution is 7.98. The Bertz CT molecular complexity index is 425. The van der Waals surface area contributed by atoms with Crippen molar-refractivity contribution < 1.29 is 0 Å². The van der Waals surface area contributed by atoms with Gasteiger partial charge in [0.25, 0.3) is 0 Å². The molecule has 0 bridgehead atoms. The number of aromatic nitrogens is 2. The Hall–Kier alpha value is -1.17. The summed E-state index contributed by atoms with van der Waals surface area (Å²) >= 11 is 1.87. The summed E-state index contributed by atoms with van der Waals surface area (Å²) in [5.74, 6) is 2.02. The molecular formula is C13H25N5S. The van der Waals surface area contributed by atoms with Crippen LogP contribution >= 0.6 is 11.8 Å². The van der Waals surface area contributed by atoms with Gasteiger partial charge in [-0.25, -0.2) is 0 Å². The molecule has 0 amide bonds. The molecule has 6 heteroatoms. The van der Waals surface area contributed by atoms with E-state index in [1.54, 1.807) is 7.05 Å². The van der Waals surface area contributed by atoms with Crippen LogP contribution in [-0.4, -0.2) is 41.3 Å². The monoisotopic (exact) mass is 283 g/mol. The van der Waals surface area contributed by atoms with Crippen LogP contribution in [-0.2, 0) is 13.6 Å². The molecular weight excluding hydrogens is 258 g/mol. The van der Waals surface area contributed by atoms with Crippen molar-refractivity contribution in [2.75, 3.05) is 25.6 Å². The molecule has 0 aliphatic carbocycles. The van der Waals surface area contributed by atoms with E-state index in [-0.39, 0.29) is 0 Å². The van der Waals surface area contributed by atoms with Crippen LogP contribution in [0.1, 0.15) is 23.4 Å². The second-order valence-electron chi connectivity index (χ2n) is 4.47. The van der Waals surface area contributed by atoms with E-state index in [9.17, 15) is 0 Å². The van der Waals surface area contributed by atoms with E-state index < -0.39 is 0 Å². The molecule has 108 valence electrons. The van der Waals surface area contributed by atoms with Crippen LogP contribution in [0, 0.1) is 13.8 Å². The minimum Gasteiger partial charge on any atom is -0.356 e. The Morgan fingerprint density at radius 3 is 2.63 bits per heavy atom. The molecule has 5 nitrogen and oxygen atoms in total. The zero-order valence-electron chi connectivity index (χ0n) is 12.6. The summed E-state index contributed by atoms with van der Waals surface area (Å²) in [4.78, 5) is 4.23. The molecule has 1 heterocycles. The minimum absolute atomic E-state index is 0.758. The van der Waals surface area contributed by atoms with Gasteiger partial charge >= 0.3 is 0 Å². The highest BCUT2D eigenvalue weighted by Crippen LogP contribution is 2.10. The third kappa shape index (κ3) is 4.78. The van der Waals surface area contributed by atoms with Crippen molar-refractivity contribution in [1.29, 1.82) is 0 Å². The molecule has 0 aromatic carbocycles. The minimum atomic E-state index is 0.758. The lowest BCUT2D eigenvalue weighted by Crippen LogP contribution is -2.37. The number of nitrogens with zero attached hydrogens (tertiary/aromatic N) is 3. The fraction of sp³-hybridized carbons (Fsp3) is 0.692. The van der Waals surface area contributed by atoms with Crippen LogP contribution in [0.4, 0.5) is 0 Å². The van der Waals surface area contributed by atoms with Crippen LogP contribution < -0.4 is 10.6 Å². The number of hydrogen-bond acceptors (Lipinski definition) is 3. The Balaban J connectivity index is 2.45. The quantitative estimate of drug-likeness (QED) is 0.471. The summed E-state index contributed by atoms with van der Waals surface area (Å²) in [7, 11) is 3.77. The Kier molecular flexibility index (Phi) is 6.77. The summed E-state index contributed by atoms with van der Waals surface area (Å²) in [6.45, 7) is 5.84. The number of hydrogen-bond donors (Lipinski definition) is 2. The Morgan fingerprint density at radius 1 is 1.37 bits per heavy atom. The maximum atomic E-state index is 4.41. The molecule has 0 spiro atoms. The first-order valence-electron chi connectivity index (χ1n) is 6.52. The average molecular weight is 283 g/mol. The molecule has 19 heavy (non-hydrogen) atoms. The van der Waals surface area contributed by atoms with Crippen molar-refractivity contribution in [1.82, 2.24) is 20.4 Å². The number of rotatable bonds is 6. The maximum absolute atomic E-state index is 4.41. The van der Waals surface area contributed by atoms with Gasteiger partial charge in [-0.3, -0.25) is 9.67 Å². The third-order valence-electron chi connectivity index (χ3n) is 3.13. The second kappa shape index (κ2) is 8.09. The highest BCUT2D eigenvalue weighted by atomic mass is 32.2. The van der Waals surface area contributed by atoms with E-state index in [2.05, 4.69) is 33.9 Å². The number of aliphatic imine (C=N–C) groups is 1. The second-order valence-corrected chi connectivity index (χ2v) is 5.46. The first-order chi connectivity index (χ1) is 9.10. The van der Waals surface area contributed by atoms with Gasteiger partial charge in [-0.2, -0.15) is 16.9 Å². The van der Waals surface area contributed by atoms with Gasteiger partial charge in [-0.15, -0.1) is 0 Å². The standard InChI is InChI=1S/C13H25N5S/c1-10-12(11(2)18(4)17-10)9-16-13(14-3)15-7-6-8-19-5/h6-9H2,1-5H3,(H2,14,15,16). The molecule has 2 N–H and O–H groups in total.